The standard InChI is InChI=1S/C14H15N3O/c1-17-8-6-13(16-17)14(18)12-4-2-3-10-9-15-7-5-11(10)12/h2-4,6,8,15H,5,7,9H2,1H3. The Morgan fingerprint density at radius 3 is 3.06 bits per heavy atom. The first-order valence-corrected chi connectivity index (χ1v) is 6.11. The van der Waals surface area contributed by atoms with Gasteiger partial charge in [-0.15, -0.1) is 0 Å². The molecule has 4 nitrogen and oxygen atoms in total. The molecule has 1 N–H and O–H groups in total. The molecule has 0 atom stereocenters. The Morgan fingerprint density at radius 2 is 2.28 bits per heavy atom. The number of nitrogens with zero attached hydrogens (tertiary/aromatic N) is 2. The molecule has 1 aliphatic rings. The molecule has 1 aliphatic heterocycles. The number of aryl methyl sites for hydroxylation is 1. The average molecular weight is 241 g/mol. The number of ketones is 1. The maximum absolute atomic E-state index is 12.4. The van der Waals surface area contributed by atoms with Gasteiger partial charge in [0, 0.05) is 25.4 Å². The zero-order chi connectivity index (χ0) is 12.5. The van der Waals surface area contributed by atoms with Crippen LogP contribution in [0.5, 0.6) is 0 Å². The molecular weight excluding hydrogens is 226 g/mol. The van der Waals surface area contributed by atoms with Gasteiger partial charge in [0.1, 0.15) is 5.69 Å². The zero-order valence-corrected chi connectivity index (χ0v) is 10.3. The smallest absolute Gasteiger partial charge is 0.213 e. The molecule has 0 bridgehead atoms. The predicted octanol–water partition coefficient (Wildman–Crippen LogP) is 1.30. The van der Waals surface area contributed by atoms with Crippen molar-refractivity contribution in [3.05, 3.63) is 52.8 Å². The highest BCUT2D eigenvalue weighted by Gasteiger charge is 2.19. The number of hydrogen-bond acceptors (Lipinski definition) is 3. The van der Waals surface area contributed by atoms with Gasteiger partial charge in [-0.05, 0) is 30.2 Å². The number of aromatic nitrogens is 2. The normalized spacial score (nSPS) is 14.3. The lowest BCUT2D eigenvalue weighted by molar-refractivity contribution is 0.103. The fourth-order valence-electron chi connectivity index (χ4n) is 2.42. The van der Waals surface area contributed by atoms with E-state index in [1.165, 1.54) is 11.1 Å². The third-order valence-corrected chi connectivity index (χ3v) is 3.33. The van der Waals surface area contributed by atoms with E-state index in [2.05, 4.69) is 16.5 Å². The number of hydrogen-bond donors (Lipinski definition) is 1. The molecule has 2 aromatic rings. The Morgan fingerprint density at radius 1 is 1.39 bits per heavy atom. The summed E-state index contributed by atoms with van der Waals surface area (Å²) in [5, 5.41) is 7.51. The van der Waals surface area contributed by atoms with Crippen molar-refractivity contribution in [3.8, 4) is 0 Å². The fraction of sp³-hybridized carbons (Fsp3) is 0.286. The highest BCUT2D eigenvalue weighted by atomic mass is 16.1. The van der Waals surface area contributed by atoms with Crippen molar-refractivity contribution in [1.82, 2.24) is 15.1 Å². The molecule has 3 rings (SSSR count). The molecule has 92 valence electrons. The van der Waals surface area contributed by atoms with Crippen molar-refractivity contribution < 1.29 is 4.79 Å². The average Bonchev–Trinajstić information content (AvgIpc) is 2.84. The van der Waals surface area contributed by atoms with E-state index in [0.29, 0.717) is 5.69 Å². The molecule has 0 amide bonds. The molecule has 0 saturated carbocycles. The lowest BCUT2D eigenvalue weighted by Gasteiger charge is -2.19. The number of carbonyl (C=O) groups excluding carboxylic acids is 1. The lowest BCUT2D eigenvalue weighted by Crippen LogP contribution is -2.25. The number of benzene rings is 1. The topological polar surface area (TPSA) is 46.9 Å². The van der Waals surface area contributed by atoms with Gasteiger partial charge in [0.05, 0.1) is 0 Å². The van der Waals surface area contributed by atoms with Crippen molar-refractivity contribution in [2.24, 2.45) is 7.05 Å². The van der Waals surface area contributed by atoms with Crippen molar-refractivity contribution in [1.29, 1.82) is 0 Å². The van der Waals surface area contributed by atoms with Crippen molar-refractivity contribution >= 4 is 5.78 Å². The highest BCUT2D eigenvalue weighted by molar-refractivity contribution is 6.08. The molecule has 1 aromatic carbocycles. The summed E-state index contributed by atoms with van der Waals surface area (Å²) in [6.07, 6.45) is 2.70. The molecular formula is C14H15N3O. The van der Waals surface area contributed by atoms with Crippen molar-refractivity contribution in [3.63, 3.8) is 0 Å². The monoisotopic (exact) mass is 241 g/mol. The van der Waals surface area contributed by atoms with Crippen LogP contribution in [0.15, 0.2) is 30.5 Å². The SMILES string of the molecule is Cn1ccc(C(=O)c2cccc3c2CCNC3)n1. The summed E-state index contributed by atoms with van der Waals surface area (Å²) in [6, 6.07) is 7.70. The van der Waals surface area contributed by atoms with Gasteiger partial charge in [-0.1, -0.05) is 18.2 Å². The summed E-state index contributed by atoms with van der Waals surface area (Å²) in [6.45, 7) is 1.78. The Balaban J connectivity index is 2.04. The van der Waals surface area contributed by atoms with E-state index < -0.39 is 0 Å². The minimum absolute atomic E-state index is 0.0225. The third-order valence-electron chi connectivity index (χ3n) is 3.33. The molecule has 0 saturated heterocycles. The van der Waals surface area contributed by atoms with Crippen LogP contribution in [-0.4, -0.2) is 22.1 Å². The van der Waals surface area contributed by atoms with E-state index >= 15 is 0 Å². The minimum Gasteiger partial charge on any atom is -0.312 e. The second-order valence-corrected chi connectivity index (χ2v) is 4.57. The lowest BCUT2D eigenvalue weighted by atomic mass is 9.92. The van der Waals surface area contributed by atoms with Crippen LogP contribution in [0.4, 0.5) is 0 Å². The summed E-state index contributed by atoms with van der Waals surface area (Å²) in [5.41, 5.74) is 3.71. The molecule has 1 aromatic heterocycles. The summed E-state index contributed by atoms with van der Waals surface area (Å²) < 4.78 is 1.66. The molecule has 0 spiro atoms. The first kappa shape index (κ1) is 11.2. The third kappa shape index (κ3) is 1.84. The second-order valence-electron chi connectivity index (χ2n) is 4.57. The Labute approximate surface area is 106 Å². The van der Waals surface area contributed by atoms with E-state index in [0.717, 1.165) is 25.1 Å². The summed E-state index contributed by atoms with van der Waals surface area (Å²) in [5.74, 6) is 0.0225. The molecule has 0 unspecified atom stereocenters. The number of carbonyl (C=O) groups is 1. The van der Waals surface area contributed by atoms with Crippen molar-refractivity contribution in [2.75, 3.05) is 6.54 Å². The summed E-state index contributed by atoms with van der Waals surface area (Å²) >= 11 is 0. The molecule has 0 radical (unpaired) electrons. The van der Waals surface area contributed by atoms with Crippen LogP contribution in [0.2, 0.25) is 0 Å². The van der Waals surface area contributed by atoms with E-state index in [-0.39, 0.29) is 5.78 Å². The van der Waals surface area contributed by atoms with Gasteiger partial charge >= 0.3 is 0 Å². The second kappa shape index (κ2) is 4.38. The summed E-state index contributed by atoms with van der Waals surface area (Å²) in [4.78, 5) is 12.4. The number of rotatable bonds is 2. The fourth-order valence-corrected chi connectivity index (χ4v) is 2.42. The van der Waals surface area contributed by atoms with Crippen LogP contribution in [0.25, 0.3) is 0 Å². The van der Waals surface area contributed by atoms with Gasteiger partial charge in [-0.3, -0.25) is 9.48 Å². The number of fused-ring (bicyclic) bond motifs is 1. The van der Waals surface area contributed by atoms with Gasteiger partial charge in [-0.2, -0.15) is 5.10 Å². The van der Waals surface area contributed by atoms with E-state index in [1.807, 2.05) is 19.2 Å². The Kier molecular flexibility index (Phi) is 2.72. The first-order valence-electron chi connectivity index (χ1n) is 6.11. The largest absolute Gasteiger partial charge is 0.312 e. The zero-order valence-electron chi connectivity index (χ0n) is 10.3. The van der Waals surface area contributed by atoms with E-state index in [9.17, 15) is 4.79 Å². The minimum atomic E-state index is 0.0225. The predicted molar refractivity (Wildman–Crippen MR) is 68.5 cm³/mol. The maximum Gasteiger partial charge on any atom is 0.213 e. The summed E-state index contributed by atoms with van der Waals surface area (Å²) in [7, 11) is 1.82. The van der Waals surface area contributed by atoms with Gasteiger partial charge in [0.15, 0.2) is 0 Å². The van der Waals surface area contributed by atoms with E-state index in [4.69, 9.17) is 0 Å². The van der Waals surface area contributed by atoms with Gasteiger partial charge in [-0.25, -0.2) is 0 Å². The Hall–Kier alpha value is -1.94. The number of nitrogens with one attached hydrogen (secondary N) is 1. The quantitative estimate of drug-likeness (QED) is 0.806. The molecule has 0 fully saturated rings. The van der Waals surface area contributed by atoms with Gasteiger partial charge in [0.2, 0.25) is 5.78 Å². The van der Waals surface area contributed by atoms with Crippen molar-refractivity contribution in [2.45, 2.75) is 13.0 Å². The van der Waals surface area contributed by atoms with Crippen LogP contribution < -0.4 is 5.32 Å². The van der Waals surface area contributed by atoms with E-state index in [1.54, 1.807) is 16.9 Å². The first-order chi connectivity index (χ1) is 8.75. The Bertz CT molecular complexity index is 601. The molecule has 18 heavy (non-hydrogen) atoms. The van der Waals surface area contributed by atoms with Crippen LogP contribution in [0.1, 0.15) is 27.2 Å². The van der Waals surface area contributed by atoms with Crippen LogP contribution in [-0.2, 0) is 20.0 Å². The van der Waals surface area contributed by atoms with Gasteiger partial charge in [0.25, 0.3) is 0 Å². The van der Waals surface area contributed by atoms with Crippen LogP contribution in [0, 0.1) is 0 Å². The molecule has 2 heterocycles. The van der Waals surface area contributed by atoms with Crippen LogP contribution in [0.3, 0.4) is 0 Å². The maximum atomic E-state index is 12.4. The van der Waals surface area contributed by atoms with Crippen LogP contribution >= 0.6 is 0 Å². The van der Waals surface area contributed by atoms with Gasteiger partial charge < -0.3 is 5.32 Å². The highest BCUT2D eigenvalue weighted by Crippen LogP contribution is 2.20. The molecule has 0 aliphatic carbocycles. The molecule has 4 heteroatoms.